The maximum atomic E-state index is 11.6. The van der Waals surface area contributed by atoms with Crippen molar-refractivity contribution in [1.29, 1.82) is 0 Å². The summed E-state index contributed by atoms with van der Waals surface area (Å²) in [6.45, 7) is 3.28. The fourth-order valence-electron chi connectivity index (χ4n) is 4.56. The van der Waals surface area contributed by atoms with E-state index in [1.807, 2.05) is 12.1 Å². The summed E-state index contributed by atoms with van der Waals surface area (Å²) in [7, 11) is 2.08. The molecule has 4 nitrogen and oxygen atoms in total. The Hall–Kier alpha value is -2.10. The highest BCUT2D eigenvalue weighted by Gasteiger charge is 2.21. The van der Waals surface area contributed by atoms with Gasteiger partial charge in [-0.3, -0.25) is 9.59 Å². The van der Waals surface area contributed by atoms with E-state index in [0.29, 0.717) is 5.56 Å². The van der Waals surface area contributed by atoms with Crippen LogP contribution in [0.2, 0.25) is 0 Å². The normalized spacial score (nSPS) is 11.3. The fraction of sp³-hybridized carbons (Fsp3) is 0.655. The molecule has 184 valence electrons. The molecule has 2 aromatic rings. The van der Waals surface area contributed by atoms with Crippen LogP contribution in [0, 0.1) is 0 Å². The Morgan fingerprint density at radius 2 is 1.06 bits per heavy atom. The molecule has 2 aromatic carbocycles. The van der Waals surface area contributed by atoms with Crippen molar-refractivity contribution in [1.82, 2.24) is 0 Å². The zero-order valence-electron chi connectivity index (χ0n) is 21.0. The quantitative estimate of drug-likeness (QED) is 0.178. The smallest absolute Gasteiger partial charge is 0.268 e. The lowest BCUT2D eigenvalue weighted by Crippen LogP contribution is -2.31. The molecule has 2 rings (SSSR count). The van der Waals surface area contributed by atoms with E-state index in [1.165, 1.54) is 103 Å². The van der Waals surface area contributed by atoms with E-state index in [4.69, 9.17) is 0 Å². The molecule has 0 amide bonds. The third-order valence-corrected chi connectivity index (χ3v) is 6.83. The Morgan fingerprint density at radius 3 is 1.48 bits per heavy atom. The van der Waals surface area contributed by atoms with Gasteiger partial charge in [-0.05, 0) is 24.1 Å². The number of nitrogens with zero attached hydrogens (tertiary/aromatic N) is 1. The van der Waals surface area contributed by atoms with Gasteiger partial charge in [0, 0.05) is 19.3 Å². The first-order chi connectivity index (χ1) is 16.1. The molecule has 0 bridgehead atoms. The summed E-state index contributed by atoms with van der Waals surface area (Å²) in [6, 6.07) is 7.49. The van der Waals surface area contributed by atoms with E-state index in [-0.39, 0.29) is 5.56 Å². The topological polar surface area (TPSA) is 57.6 Å². The summed E-state index contributed by atoms with van der Waals surface area (Å²) in [5.74, 6) is -0.408. The monoisotopic (exact) mass is 455 g/mol. The molecule has 0 saturated carbocycles. The molecule has 0 spiro atoms. The Bertz CT molecular complexity index is 849. The highest BCUT2D eigenvalue weighted by Crippen LogP contribution is 2.26. The highest BCUT2D eigenvalue weighted by molar-refractivity contribution is 5.74. The number of hydrogen-bond acceptors (Lipinski definition) is 4. The summed E-state index contributed by atoms with van der Waals surface area (Å²) in [5.41, 5.74) is 0.457. The largest absolute Gasteiger partial charge is 0.503 e. The maximum absolute atomic E-state index is 11.6. The minimum atomic E-state index is -0.783. The van der Waals surface area contributed by atoms with Crippen LogP contribution in [-0.4, -0.2) is 18.7 Å². The maximum Gasteiger partial charge on any atom is 0.268 e. The lowest BCUT2D eigenvalue weighted by molar-refractivity contribution is 0.465. The molecule has 0 atom stereocenters. The van der Waals surface area contributed by atoms with Gasteiger partial charge in [-0.15, -0.1) is 0 Å². The zero-order chi connectivity index (χ0) is 23.9. The standard InChI is InChI=1S/C29H45NO3/c1-3-4-5-6-7-8-9-10-11-12-13-14-15-16-17-18-23-30(2)25-21-19-24(20-22-25)26-27(31)29(33)28(26)32/h19-22,31H,3-18,23H2,1-2H3. The van der Waals surface area contributed by atoms with Crippen LogP contribution >= 0.6 is 0 Å². The second-order valence-corrected chi connectivity index (χ2v) is 9.65. The second-order valence-electron chi connectivity index (χ2n) is 9.65. The van der Waals surface area contributed by atoms with E-state index >= 15 is 0 Å². The molecule has 0 aliphatic carbocycles. The molecule has 0 aliphatic rings. The van der Waals surface area contributed by atoms with Gasteiger partial charge in [-0.1, -0.05) is 115 Å². The van der Waals surface area contributed by atoms with Gasteiger partial charge >= 0.3 is 0 Å². The Kier molecular flexibility index (Phi) is 12.9. The van der Waals surface area contributed by atoms with Crippen LogP contribution in [0.3, 0.4) is 0 Å². The first-order valence-corrected chi connectivity index (χ1v) is 13.4. The Morgan fingerprint density at radius 1 is 0.636 bits per heavy atom. The third-order valence-electron chi connectivity index (χ3n) is 6.83. The van der Waals surface area contributed by atoms with Gasteiger partial charge in [0.15, 0.2) is 5.75 Å². The van der Waals surface area contributed by atoms with Crippen molar-refractivity contribution >= 4 is 5.69 Å². The van der Waals surface area contributed by atoms with Crippen molar-refractivity contribution in [2.75, 3.05) is 18.5 Å². The molecule has 0 heterocycles. The molecule has 0 aromatic heterocycles. The van der Waals surface area contributed by atoms with E-state index < -0.39 is 16.6 Å². The van der Waals surface area contributed by atoms with Gasteiger partial charge in [0.1, 0.15) is 0 Å². The molecular weight excluding hydrogens is 410 g/mol. The summed E-state index contributed by atoms with van der Waals surface area (Å²) in [5, 5.41) is 9.59. The van der Waals surface area contributed by atoms with Crippen molar-refractivity contribution in [2.24, 2.45) is 0 Å². The lowest BCUT2D eigenvalue weighted by atomic mass is 10.00. The van der Waals surface area contributed by atoms with E-state index in [1.54, 1.807) is 12.1 Å². The van der Waals surface area contributed by atoms with Gasteiger partial charge < -0.3 is 10.0 Å². The minimum Gasteiger partial charge on any atom is -0.503 e. The van der Waals surface area contributed by atoms with Crippen LogP contribution in [0.15, 0.2) is 33.9 Å². The van der Waals surface area contributed by atoms with Crippen LogP contribution in [-0.2, 0) is 0 Å². The molecule has 0 radical (unpaired) electrons. The number of anilines is 1. The van der Waals surface area contributed by atoms with E-state index in [9.17, 15) is 14.7 Å². The zero-order valence-corrected chi connectivity index (χ0v) is 21.0. The number of unbranched alkanes of at least 4 members (excludes halogenated alkanes) is 15. The predicted molar refractivity (Wildman–Crippen MR) is 141 cm³/mol. The third kappa shape index (κ3) is 9.35. The second kappa shape index (κ2) is 15.7. The van der Waals surface area contributed by atoms with Crippen molar-refractivity contribution in [3.05, 3.63) is 44.7 Å². The average Bonchev–Trinajstić information content (AvgIpc) is 2.84. The fourth-order valence-corrected chi connectivity index (χ4v) is 4.56. The SMILES string of the molecule is CCCCCCCCCCCCCCCCCCN(C)c1ccc(-c2c(O)c(=O)c2=O)cc1. The van der Waals surface area contributed by atoms with Crippen molar-refractivity contribution in [2.45, 2.75) is 110 Å². The van der Waals surface area contributed by atoms with Gasteiger partial charge in [0.05, 0.1) is 5.56 Å². The molecule has 4 heteroatoms. The van der Waals surface area contributed by atoms with Gasteiger partial charge in [0.2, 0.25) is 5.43 Å². The molecule has 33 heavy (non-hydrogen) atoms. The number of rotatable bonds is 19. The Labute approximate surface area is 200 Å². The number of aromatic hydroxyl groups is 1. The van der Waals surface area contributed by atoms with E-state index in [0.717, 1.165) is 12.2 Å². The molecule has 0 saturated heterocycles. The molecular formula is C29H45NO3. The van der Waals surface area contributed by atoms with E-state index in [2.05, 4.69) is 18.9 Å². The van der Waals surface area contributed by atoms with Gasteiger partial charge in [-0.2, -0.15) is 0 Å². The number of hydrogen-bond donors (Lipinski definition) is 1. The van der Waals surface area contributed by atoms with Crippen LogP contribution in [0.5, 0.6) is 5.75 Å². The number of benzene rings is 1. The molecule has 1 N–H and O–H groups in total. The first kappa shape index (κ1) is 27.1. The molecule has 0 fully saturated rings. The Balaban J connectivity index is 1.44. The van der Waals surface area contributed by atoms with Crippen LogP contribution in [0.1, 0.15) is 110 Å². The first-order valence-electron chi connectivity index (χ1n) is 13.4. The average molecular weight is 456 g/mol. The van der Waals surface area contributed by atoms with Crippen molar-refractivity contribution < 1.29 is 5.11 Å². The summed E-state index contributed by atoms with van der Waals surface area (Å²) >= 11 is 0. The van der Waals surface area contributed by atoms with Gasteiger partial charge in [0.25, 0.3) is 5.43 Å². The lowest BCUT2D eigenvalue weighted by Gasteiger charge is -2.19. The van der Waals surface area contributed by atoms with Crippen LogP contribution in [0.25, 0.3) is 11.1 Å². The molecule has 0 aliphatic heterocycles. The highest BCUT2D eigenvalue weighted by atomic mass is 16.3. The van der Waals surface area contributed by atoms with Crippen LogP contribution in [0.4, 0.5) is 5.69 Å². The van der Waals surface area contributed by atoms with Crippen molar-refractivity contribution in [3.8, 4) is 16.9 Å². The van der Waals surface area contributed by atoms with Crippen molar-refractivity contribution in [3.63, 3.8) is 0 Å². The summed E-state index contributed by atoms with van der Waals surface area (Å²) < 4.78 is 0. The summed E-state index contributed by atoms with van der Waals surface area (Å²) in [6.07, 6.45) is 22.0. The predicted octanol–water partition coefficient (Wildman–Crippen LogP) is 7.35. The van der Waals surface area contributed by atoms with Gasteiger partial charge in [-0.25, -0.2) is 0 Å². The minimum absolute atomic E-state index is 0.145. The molecule has 0 unspecified atom stereocenters. The van der Waals surface area contributed by atoms with Crippen LogP contribution < -0.4 is 15.8 Å². The summed E-state index contributed by atoms with van der Waals surface area (Å²) in [4.78, 5) is 25.0.